The highest BCUT2D eigenvalue weighted by molar-refractivity contribution is 6.02. The van der Waals surface area contributed by atoms with Gasteiger partial charge >= 0.3 is 0 Å². The van der Waals surface area contributed by atoms with Gasteiger partial charge in [-0.15, -0.1) is 0 Å². The van der Waals surface area contributed by atoms with E-state index in [1.165, 1.54) is 27.4 Å². The van der Waals surface area contributed by atoms with Crippen LogP contribution in [0, 0.1) is 6.92 Å². The third-order valence-electron chi connectivity index (χ3n) is 4.61. The van der Waals surface area contributed by atoms with E-state index in [1.807, 2.05) is 6.07 Å². The predicted octanol–water partition coefficient (Wildman–Crippen LogP) is 5.62. The van der Waals surface area contributed by atoms with Crippen molar-refractivity contribution in [2.24, 2.45) is 0 Å². The molecule has 2 aromatic heterocycles. The molecular weight excluding hydrogens is 292 g/mol. The van der Waals surface area contributed by atoms with Crippen LogP contribution in [-0.2, 0) is 0 Å². The van der Waals surface area contributed by atoms with Crippen LogP contribution in [-0.4, -0.2) is 9.38 Å². The molecule has 24 heavy (non-hydrogen) atoms. The lowest BCUT2D eigenvalue weighted by molar-refractivity contribution is 1.17. The lowest BCUT2D eigenvalue weighted by Gasteiger charge is -2.10. The number of hydrogen-bond donors (Lipinski definition) is 0. The van der Waals surface area contributed by atoms with E-state index in [0.29, 0.717) is 0 Å². The third kappa shape index (κ3) is 1.86. The average molecular weight is 308 g/mol. The molecular formula is C22H16N2. The van der Waals surface area contributed by atoms with Gasteiger partial charge < -0.3 is 0 Å². The van der Waals surface area contributed by atoms with Crippen LogP contribution < -0.4 is 0 Å². The molecule has 0 unspecified atom stereocenters. The summed E-state index contributed by atoms with van der Waals surface area (Å²) >= 11 is 0. The van der Waals surface area contributed by atoms with Crippen LogP contribution in [0.1, 0.15) is 5.56 Å². The highest BCUT2D eigenvalue weighted by Crippen LogP contribution is 2.31. The third-order valence-corrected chi connectivity index (χ3v) is 4.61. The minimum absolute atomic E-state index is 0.989. The van der Waals surface area contributed by atoms with Crippen LogP contribution in [0.3, 0.4) is 0 Å². The zero-order valence-corrected chi connectivity index (χ0v) is 13.4. The first-order valence-electron chi connectivity index (χ1n) is 8.17. The van der Waals surface area contributed by atoms with E-state index >= 15 is 0 Å². The first kappa shape index (κ1) is 13.3. The molecule has 0 aliphatic heterocycles. The summed E-state index contributed by atoms with van der Waals surface area (Å²) in [5.74, 6) is 0.989. The summed E-state index contributed by atoms with van der Waals surface area (Å²) in [6, 6.07) is 27.7. The van der Waals surface area contributed by atoms with Crippen molar-refractivity contribution in [3.05, 3.63) is 84.4 Å². The quantitative estimate of drug-likeness (QED) is 0.393. The van der Waals surface area contributed by atoms with E-state index in [4.69, 9.17) is 4.98 Å². The van der Waals surface area contributed by atoms with E-state index in [-0.39, 0.29) is 0 Å². The molecule has 0 aliphatic carbocycles. The molecule has 2 heterocycles. The van der Waals surface area contributed by atoms with Crippen LogP contribution >= 0.6 is 0 Å². The lowest BCUT2D eigenvalue weighted by atomic mass is 10.1. The number of aryl methyl sites for hydroxylation is 1. The van der Waals surface area contributed by atoms with E-state index in [0.717, 1.165) is 16.9 Å². The Kier molecular flexibility index (Phi) is 2.74. The van der Waals surface area contributed by atoms with Crippen molar-refractivity contribution in [1.29, 1.82) is 0 Å². The maximum atomic E-state index is 5.00. The molecule has 0 N–H and O–H groups in total. The van der Waals surface area contributed by atoms with Gasteiger partial charge in [-0.3, -0.25) is 4.40 Å². The second-order valence-electron chi connectivity index (χ2n) is 6.25. The van der Waals surface area contributed by atoms with Gasteiger partial charge in [0.25, 0.3) is 0 Å². The summed E-state index contributed by atoms with van der Waals surface area (Å²) in [5.41, 5.74) is 5.83. The molecule has 2 heteroatoms. The summed E-state index contributed by atoms with van der Waals surface area (Å²) in [5, 5.41) is 2.44. The van der Waals surface area contributed by atoms with Crippen LogP contribution in [0.15, 0.2) is 78.9 Å². The fourth-order valence-electron chi connectivity index (χ4n) is 3.48. The topological polar surface area (TPSA) is 17.3 Å². The zero-order chi connectivity index (χ0) is 16.1. The molecule has 5 rings (SSSR count). The smallest absolute Gasteiger partial charge is 0.145 e. The Bertz CT molecular complexity index is 1200. The van der Waals surface area contributed by atoms with Crippen LogP contribution in [0.4, 0.5) is 0 Å². The Morgan fingerprint density at radius 3 is 2.42 bits per heavy atom. The summed E-state index contributed by atoms with van der Waals surface area (Å²) < 4.78 is 2.28. The summed E-state index contributed by atoms with van der Waals surface area (Å²) in [6.07, 6.45) is 0. The molecule has 0 bridgehead atoms. The van der Waals surface area contributed by atoms with Crippen molar-refractivity contribution in [3.8, 4) is 11.4 Å². The minimum Gasteiger partial charge on any atom is -0.293 e. The number of benzene rings is 3. The van der Waals surface area contributed by atoms with Crippen molar-refractivity contribution in [3.63, 3.8) is 0 Å². The Morgan fingerprint density at radius 1 is 0.750 bits per heavy atom. The van der Waals surface area contributed by atoms with Gasteiger partial charge in [0, 0.05) is 16.3 Å². The fourth-order valence-corrected chi connectivity index (χ4v) is 3.48. The van der Waals surface area contributed by atoms with Crippen LogP contribution in [0.25, 0.3) is 38.7 Å². The van der Waals surface area contributed by atoms with Gasteiger partial charge in [-0.05, 0) is 31.2 Å². The standard InChI is InChI=1S/C22H16N2/c1-15-11-12-19-18(13-15)21-14-17-9-5-6-10-20(17)24(21)22(23-19)16-7-3-2-4-8-16/h2-14H,1H3. The first-order valence-corrected chi connectivity index (χ1v) is 8.17. The van der Waals surface area contributed by atoms with Crippen molar-refractivity contribution < 1.29 is 0 Å². The molecule has 0 atom stereocenters. The van der Waals surface area contributed by atoms with E-state index < -0.39 is 0 Å². The van der Waals surface area contributed by atoms with Crippen molar-refractivity contribution >= 4 is 27.3 Å². The molecule has 3 aromatic carbocycles. The number of hydrogen-bond acceptors (Lipinski definition) is 1. The Labute approximate surface area is 140 Å². The number of rotatable bonds is 1. The first-order chi connectivity index (χ1) is 11.8. The van der Waals surface area contributed by atoms with Gasteiger partial charge in [0.05, 0.1) is 16.6 Å². The molecule has 0 saturated carbocycles. The van der Waals surface area contributed by atoms with Crippen molar-refractivity contribution in [1.82, 2.24) is 9.38 Å². The van der Waals surface area contributed by atoms with Gasteiger partial charge in [0.1, 0.15) is 5.82 Å². The molecule has 5 aromatic rings. The Balaban J connectivity index is 2.05. The van der Waals surface area contributed by atoms with E-state index in [9.17, 15) is 0 Å². The van der Waals surface area contributed by atoms with Crippen molar-refractivity contribution in [2.45, 2.75) is 6.92 Å². The monoisotopic (exact) mass is 308 g/mol. The van der Waals surface area contributed by atoms with Gasteiger partial charge in [-0.1, -0.05) is 60.2 Å². The van der Waals surface area contributed by atoms with Gasteiger partial charge in [-0.25, -0.2) is 4.98 Å². The fraction of sp³-hybridized carbons (Fsp3) is 0.0455. The molecule has 0 radical (unpaired) electrons. The summed E-state index contributed by atoms with van der Waals surface area (Å²) in [4.78, 5) is 5.00. The summed E-state index contributed by atoms with van der Waals surface area (Å²) in [6.45, 7) is 2.13. The summed E-state index contributed by atoms with van der Waals surface area (Å²) in [7, 11) is 0. The largest absolute Gasteiger partial charge is 0.293 e. The zero-order valence-electron chi connectivity index (χ0n) is 13.4. The molecule has 0 spiro atoms. The predicted molar refractivity (Wildman–Crippen MR) is 100 cm³/mol. The highest BCUT2D eigenvalue weighted by atomic mass is 15.0. The lowest BCUT2D eigenvalue weighted by Crippen LogP contribution is -1.97. The molecule has 114 valence electrons. The van der Waals surface area contributed by atoms with Gasteiger partial charge in [-0.2, -0.15) is 0 Å². The Hall–Kier alpha value is -3.13. The maximum Gasteiger partial charge on any atom is 0.145 e. The van der Waals surface area contributed by atoms with Crippen LogP contribution in [0.5, 0.6) is 0 Å². The number of para-hydroxylation sites is 1. The molecule has 2 nitrogen and oxygen atoms in total. The van der Waals surface area contributed by atoms with Crippen LogP contribution in [0.2, 0.25) is 0 Å². The second-order valence-corrected chi connectivity index (χ2v) is 6.25. The Morgan fingerprint density at radius 2 is 1.54 bits per heavy atom. The molecule has 0 saturated heterocycles. The number of aromatic nitrogens is 2. The molecule has 0 aliphatic rings. The highest BCUT2D eigenvalue weighted by Gasteiger charge is 2.13. The normalized spacial score (nSPS) is 11.5. The van der Waals surface area contributed by atoms with Crippen molar-refractivity contribution in [2.75, 3.05) is 0 Å². The second kappa shape index (κ2) is 4.93. The number of fused-ring (bicyclic) bond motifs is 5. The van der Waals surface area contributed by atoms with E-state index in [1.54, 1.807) is 0 Å². The average Bonchev–Trinajstić information content (AvgIpc) is 3.02. The molecule has 0 amide bonds. The SMILES string of the molecule is Cc1ccc2nc(-c3ccccc3)n3c4ccccc4cc3c2c1. The maximum absolute atomic E-state index is 5.00. The van der Waals surface area contributed by atoms with Gasteiger partial charge in [0.2, 0.25) is 0 Å². The minimum atomic E-state index is 0.989. The van der Waals surface area contributed by atoms with Gasteiger partial charge in [0.15, 0.2) is 0 Å². The van der Waals surface area contributed by atoms with E-state index in [2.05, 4.69) is 84.1 Å². The molecule has 0 fully saturated rings. The number of nitrogens with zero attached hydrogens (tertiary/aromatic N) is 2.